The van der Waals surface area contributed by atoms with E-state index < -0.39 is 17.5 Å². The molecule has 130 valence electrons. The molecule has 2 aliphatic heterocycles. The Bertz CT molecular complexity index is 683. The molecule has 2 saturated heterocycles. The maximum Gasteiger partial charge on any atom is 0.325 e. The van der Waals surface area contributed by atoms with Crippen molar-refractivity contribution >= 4 is 17.8 Å². The van der Waals surface area contributed by atoms with Gasteiger partial charge in [0.1, 0.15) is 18.1 Å². The van der Waals surface area contributed by atoms with Crippen LogP contribution in [-0.4, -0.2) is 56.4 Å². The number of nitrogens with one attached hydrogen (secondary N) is 1. The molecule has 1 N–H and O–H groups in total. The number of rotatable bonds is 3. The molecule has 4 amide bonds. The summed E-state index contributed by atoms with van der Waals surface area (Å²) in [6.07, 6.45) is 2.53. The van der Waals surface area contributed by atoms with Gasteiger partial charge >= 0.3 is 6.03 Å². The Hall–Kier alpha value is -2.45. The van der Waals surface area contributed by atoms with E-state index in [2.05, 4.69) is 15.5 Å². The van der Waals surface area contributed by atoms with Gasteiger partial charge < -0.3 is 14.7 Å². The molecule has 9 nitrogen and oxygen atoms in total. The lowest BCUT2D eigenvalue weighted by Crippen LogP contribution is -2.47. The van der Waals surface area contributed by atoms with Gasteiger partial charge in [0.05, 0.1) is 0 Å². The lowest BCUT2D eigenvalue weighted by atomic mass is 10.0. The quantitative estimate of drug-likeness (QED) is 0.817. The summed E-state index contributed by atoms with van der Waals surface area (Å²) in [5.74, 6) is 0.219. The van der Waals surface area contributed by atoms with Crippen LogP contribution in [0.4, 0.5) is 4.79 Å². The fourth-order valence-corrected chi connectivity index (χ4v) is 3.12. The van der Waals surface area contributed by atoms with Crippen molar-refractivity contribution in [2.24, 2.45) is 0 Å². The first kappa shape index (κ1) is 16.4. The molecule has 3 rings (SSSR count). The van der Waals surface area contributed by atoms with Crippen molar-refractivity contribution in [1.29, 1.82) is 0 Å². The van der Waals surface area contributed by atoms with E-state index >= 15 is 0 Å². The van der Waals surface area contributed by atoms with Gasteiger partial charge in [0, 0.05) is 6.54 Å². The van der Waals surface area contributed by atoms with E-state index in [0.29, 0.717) is 18.3 Å². The molecule has 1 aromatic heterocycles. The van der Waals surface area contributed by atoms with Gasteiger partial charge in [-0.2, -0.15) is 4.98 Å². The molecular formula is C15H21N5O4. The zero-order valence-electron chi connectivity index (χ0n) is 14.0. The summed E-state index contributed by atoms with van der Waals surface area (Å²) < 4.78 is 5.21. The summed E-state index contributed by atoms with van der Waals surface area (Å²) in [5.41, 5.74) is -0.984. The molecule has 0 unspecified atom stereocenters. The van der Waals surface area contributed by atoms with Gasteiger partial charge in [-0.15, -0.1) is 0 Å². The number of imide groups is 1. The van der Waals surface area contributed by atoms with Gasteiger partial charge in [-0.05, 0) is 40.0 Å². The number of likely N-dealkylation sites (tertiary alicyclic amines) is 1. The number of aryl methyl sites for hydroxylation is 1. The molecule has 1 aromatic rings. The van der Waals surface area contributed by atoms with Crippen LogP contribution in [0.15, 0.2) is 4.52 Å². The second-order valence-electron chi connectivity index (χ2n) is 6.72. The van der Waals surface area contributed by atoms with Gasteiger partial charge in [-0.25, -0.2) is 4.79 Å². The van der Waals surface area contributed by atoms with Crippen LogP contribution in [0.25, 0.3) is 0 Å². The molecule has 9 heteroatoms. The smallest absolute Gasteiger partial charge is 0.325 e. The van der Waals surface area contributed by atoms with Crippen LogP contribution in [-0.2, 0) is 9.59 Å². The third-order valence-corrected chi connectivity index (χ3v) is 4.39. The molecule has 0 aliphatic carbocycles. The Labute approximate surface area is 139 Å². The van der Waals surface area contributed by atoms with Crippen molar-refractivity contribution in [2.45, 2.75) is 51.6 Å². The van der Waals surface area contributed by atoms with Crippen molar-refractivity contribution < 1.29 is 18.9 Å². The highest BCUT2D eigenvalue weighted by Gasteiger charge is 2.46. The molecule has 3 heterocycles. The van der Waals surface area contributed by atoms with E-state index in [1.54, 1.807) is 25.7 Å². The lowest BCUT2D eigenvalue weighted by Gasteiger charge is -2.34. The van der Waals surface area contributed by atoms with Gasteiger partial charge in [0.25, 0.3) is 5.91 Å². The number of aromatic nitrogens is 2. The van der Waals surface area contributed by atoms with Crippen LogP contribution in [0.1, 0.15) is 50.9 Å². The number of amides is 4. The van der Waals surface area contributed by atoms with E-state index in [0.717, 1.165) is 24.2 Å². The molecule has 0 radical (unpaired) electrons. The van der Waals surface area contributed by atoms with Crippen LogP contribution in [0.2, 0.25) is 0 Å². The summed E-state index contributed by atoms with van der Waals surface area (Å²) in [7, 11) is 0. The normalized spacial score (nSPS) is 23.5. The van der Waals surface area contributed by atoms with E-state index in [1.807, 2.05) is 0 Å². The van der Waals surface area contributed by atoms with Gasteiger partial charge in [-0.1, -0.05) is 5.16 Å². The monoisotopic (exact) mass is 335 g/mol. The number of carbonyl (C=O) groups is 3. The third kappa shape index (κ3) is 2.85. The fraction of sp³-hybridized carbons (Fsp3) is 0.667. The summed E-state index contributed by atoms with van der Waals surface area (Å²) in [6, 6.07) is -0.846. The van der Waals surface area contributed by atoms with E-state index in [9.17, 15) is 14.4 Å². The summed E-state index contributed by atoms with van der Waals surface area (Å²) in [6.45, 7) is 5.21. The topological polar surface area (TPSA) is 109 Å². The standard InChI is InChI=1S/C15H21N5O4/c1-9-16-12(24-18-9)10-6-4-5-7-19(10)11(21)8-20-13(22)15(2,3)17-14(20)23/h10H,4-8H2,1-3H3,(H,17,23)/t10-/m0/s1. The van der Waals surface area contributed by atoms with Crippen molar-refractivity contribution in [1.82, 2.24) is 25.3 Å². The molecule has 2 fully saturated rings. The summed E-state index contributed by atoms with van der Waals surface area (Å²) in [5, 5.41) is 6.35. The molecule has 2 aliphatic rings. The third-order valence-electron chi connectivity index (χ3n) is 4.39. The first-order chi connectivity index (χ1) is 11.3. The fourth-order valence-electron chi connectivity index (χ4n) is 3.12. The van der Waals surface area contributed by atoms with Crippen LogP contribution < -0.4 is 5.32 Å². The second kappa shape index (κ2) is 5.88. The second-order valence-corrected chi connectivity index (χ2v) is 6.72. The average Bonchev–Trinajstić information content (AvgIpc) is 3.04. The minimum Gasteiger partial charge on any atom is -0.337 e. The maximum atomic E-state index is 12.7. The molecule has 0 spiro atoms. The highest BCUT2D eigenvalue weighted by Crippen LogP contribution is 2.30. The number of urea groups is 1. The van der Waals surface area contributed by atoms with Crippen LogP contribution in [0.3, 0.4) is 0 Å². The predicted octanol–water partition coefficient (Wildman–Crippen LogP) is 0.762. The molecule has 0 saturated carbocycles. The zero-order valence-corrected chi connectivity index (χ0v) is 14.0. The Kier molecular flexibility index (Phi) is 4.02. The summed E-state index contributed by atoms with van der Waals surface area (Å²) in [4.78, 5) is 43.7. The zero-order chi connectivity index (χ0) is 17.5. The molecule has 0 bridgehead atoms. The number of piperidine rings is 1. The summed E-state index contributed by atoms with van der Waals surface area (Å²) >= 11 is 0. The first-order valence-corrected chi connectivity index (χ1v) is 8.03. The van der Waals surface area contributed by atoms with Crippen LogP contribution in [0.5, 0.6) is 0 Å². The number of carbonyl (C=O) groups excluding carboxylic acids is 3. The number of nitrogens with zero attached hydrogens (tertiary/aromatic N) is 4. The lowest BCUT2D eigenvalue weighted by molar-refractivity contribution is -0.141. The van der Waals surface area contributed by atoms with Crippen molar-refractivity contribution in [3.8, 4) is 0 Å². The van der Waals surface area contributed by atoms with Gasteiger partial charge in [-0.3, -0.25) is 14.5 Å². The highest BCUT2D eigenvalue weighted by atomic mass is 16.5. The molecule has 24 heavy (non-hydrogen) atoms. The van der Waals surface area contributed by atoms with Crippen LogP contribution >= 0.6 is 0 Å². The minimum absolute atomic E-state index is 0.280. The Morgan fingerprint density at radius 3 is 2.71 bits per heavy atom. The molecule has 0 aromatic carbocycles. The van der Waals surface area contributed by atoms with Gasteiger partial charge in [0.2, 0.25) is 11.8 Å². The number of hydrogen-bond donors (Lipinski definition) is 1. The maximum absolute atomic E-state index is 12.7. The minimum atomic E-state index is -0.984. The van der Waals surface area contributed by atoms with Crippen molar-refractivity contribution in [3.05, 3.63) is 11.7 Å². The SMILES string of the molecule is Cc1noc([C@@H]2CCCCN2C(=O)CN2C(=O)NC(C)(C)C2=O)n1. The number of hydrogen-bond acceptors (Lipinski definition) is 6. The Balaban J connectivity index is 1.75. The first-order valence-electron chi connectivity index (χ1n) is 8.03. The van der Waals surface area contributed by atoms with Crippen molar-refractivity contribution in [3.63, 3.8) is 0 Å². The van der Waals surface area contributed by atoms with E-state index in [-0.39, 0.29) is 18.5 Å². The largest absolute Gasteiger partial charge is 0.337 e. The highest BCUT2D eigenvalue weighted by molar-refractivity contribution is 6.08. The average molecular weight is 335 g/mol. The van der Waals surface area contributed by atoms with E-state index in [4.69, 9.17) is 4.52 Å². The molecule has 1 atom stereocenters. The Morgan fingerprint density at radius 2 is 2.12 bits per heavy atom. The van der Waals surface area contributed by atoms with E-state index in [1.165, 1.54) is 0 Å². The van der Waals surface area contributed by atoms with Crippen molar-refractivity contribution in [2.75, 3.05) is 13.1 Å². The predicted molar refractivity (Wildman–Crippen MR) is 81.7 cm³/mol. The molecular weight excluding hydrogens is 314 g/mol. The Morgan fingerprint density at radius 1 is 1.38 bits per heavy atom. The van der Waals surface area contributed by atoms with Crippen LogP contribution in [0, 0.1) is 6.92 Å². The van der Waals surface area contributed by atoms with Gasteiger partial charge in [0.15, 0.2) is 5.82 Å².